The molecule has 208 valence electrons. The summed E-state index contributed by atoms with van der Waals surface area (Å²) < 4.78 is 3.20. The number of hydrogen-bond donors (Lipinski definition) is 0. The molecule has 2 aromatic heterocycles. The van der Waals surface area contributed by atoms with Crippen LogP contribution in [0.25, 0.3) is 33.9 Å². The van der Waals surface area contributed by atoms with Crippen molar-refractivity contribution in [3.63, 3.8) is 0 Å². The zero-order valence-electron chi connectivity index (χ0n) is 21.2. The number of nitrogens with zero attached hydrogens (tertiary/aromatic N) is 4. The Kier molecular flexibility index (Phi) is 8.07. The SMILES string of the molecule is O=C(c1cc(-c2ccc(Cl)cc2)n(-c2ccc(Cl)cc2Cl)n1)c1cc(-c2ccc(Cl)cc2)n(-c2ccc(Cl)cc2Cl)n1. The van der Waals surface area contributed by atoms with Gasteiger partial charge in [-0.25, -0.2) is 9.36 Å². The summed E-state index contributed by atoms with van der Waals surface area (Å²) in [5, 5.41) is 12.2. The topological polar surface area (TPSA) is 52.7 Å². The summed E-state index contributed by atoms with van der Waals surface area (Å²) in [5.41, 5.74) is 4.20. The van der Waals surface area contributed by atoms with Gasteiger partial charge in [-0.1, -0.05) is 93.9 Å². The van der Waals surface area contributed by atoms with Gasteiger partial charge in [0.15, 0.2) is 0 Å². The second-order valence-corrected chi connectivity index (χ2v) is 11.7. The lowest BCUT2D eigenvalue weighted by atomic mass is 10.1. The van der Waals surface area contributed by atoms with Crippen LogP contribution in [0.4, 0.5) is 0 Å². The van der Waals surface area contributed by atoms with Crippen molar-refractivity contribution in [3.05, 3.63) is 139 Å². The van der Waals surface area contributed by atoms with Gasteiger partial charge in [0.05, 0.1) is 32.8 Å². The number of hydrogen-bond acceptors (Lipinski definition) is 3. The van der Waals surface area contributed by atoms with Crippen molar-refractivity contribution in [1.29, 1.82) is 0 Å². The Hall–Kier alpha value is -3.29. The summed E-state index contributed by atoms with van der Waals surface area (Å²) >= 11 is 37.7. The van der Waals surface area contributed by atoms with Crippen molar-refractivity contribution >= 4 is 75.4 Å². The van der Waals surface area contributed by atoms with Crippen LogP contribution in [0.15, 0.2) is 97.1 Å². The predicted molar refractivity (Wildman–Crippen MR) is 171 cm³/mol. The van der Waals surface area contributed by atoms with Crippen molar-refractivity contribution in [2.45, 2.75) is 0 Å². The van der Waals surface area contributed by atoms with Gasteiger partial charge in [-0.3, -0.25) is 4.79 Å². The molecular formula is C31H16Cl6N4O. The predicted octanol–water partition coefficient (Wildman–Crippen LogP) is 10.5. The maximum atomic E-state index is 14.0. The van der Waals surface area contributed by atoms with E-state index in [-0.39, 0.29) is 11.4 Å². The molecule has 0 radical (unpaired) electrons. The second kappa shape index (κ2) is 11.8. The van der Waals surface area contributed by atoms with E-state index in [1.165, 1.54) is 0 Å². The lowest BCUT2D eigenvalue weighted by Crippen LogP contribution is -2.07. The van der Waals surface area contributed by atoms with Gasteiger partial charge in [0.1, 0.15) is 11.4 Å². The van der Waals surface area contributed by atoms with Crippen LogP contribution in [0, 0.1) is 0 Å². The van der Waals surface area contributed by atoms with Gasteiger partial charge in [0.2, 0.25) is 5.78 Å². The largest absolute Gasteiger partial charge is 0.285 e. The fraction of sp³-hybridized carbons (Fsp3) is 0. The van der Waals surface area contributed by atoms with Crippen LogP contribution in [0.5, 0.6) is 0 Å². The number of carbonyl (C=O) groups excluding carboxylic acids is 1. The Morgan fingerprint density at radius 1 is 0.476 bits per heavy atom. The molecule has 2 heterocycles. The van der Waals surface area contributed by atoms with Crippen molar-refractivity contribution in [1.82, 2.24) is 19.6 Å². The molecule has 0 unspecified atom stereocenters. The third-order valence-electron chi connectivity index (χ3n) is 6.44. The Morgan fingerprint density at radius 3 is 1.19 bits per heavy atom. The van der Waals surface area contributed by atoms with Crippen LogP contribution in [-0.4, -0.2) is 25.3 Å². The van der Waals surface area contributed by atoms with E-state index in [4.69, 9.17) is 69.6 Å². The molecular weight excluding hydrogens is 657 g/mol. The molecule has 4 aromatic carbocycles. The molecule has 0 N–H and O–H groups in total. The Labute approximate surface area is 270 Å². The Bertz CT molecular complexity index is 1820. The molecule has 0 saturated carbocycles. The molecule has 0 aliphatic rings. The van der Waals surface area contributed by atoms with Crippen molar-refractivity contribution in [2.24, 2.45) is 0 Å². The number of halogens is 6. The minimum absolute atomic E-state index is 0.153. The van der Waals surface area contributed by atoms with Gasteiger partial charge in [-0.15, -0.1) is 0 Å². The smallest absolute Gasteiger partial charge is 0.233 e. The first-order chi connectivity index (χ1) is 20.2. The normalized spacial score (nSPS) is 11.2. The van der Waals surface area contributed by atoms with Crippen molar-refractivity contribution < 1.29 is 4.79 Å². The minimum Gasteiger partial charge on any atom is -0.285 e. The molecule has 0 aliphatic heterocycles. The van der Waals surface area contributed by atoms with Crippen LogP contribution in [0.2, 0.25) is 30.1 Å². The molecule has 0 amide bonds. The molecule has 6 rings (SSSR count). The summed E-state index contributed by atoms with van der Waals surface area (Å²) in [5.74, 6) is -0.409. The van der Waals surface area contributed by atoms with E-state index in [0.717, 1.165) is 11.1 Å². The van der Waals surface area contributed by atoms with Crippen LogP contribution >= 0.6 is 69.6 Å². The highest BCUT2D eigenvalue weighted by Crippen LogP contribution is 2.33. The highest BCUT2D eigenvalue weighted by molar-refractivity contribution is 6.36. The Balaban J connectivity index is 1.51. The first-order valence-corrected chi connectivity index (χ1v) is 14.6. The van der Waals surface area contributed by atoms with Crippen LogP contribution in [0.1, 0.15) is 16.2 Å². The van der Waals surface area contributed by atoms with E-state index in [2.05, 4.69) is 10.2 Å². The number of aromatic nitrogens is 4. The molecule has 0 aliphatic carbocycles. The zero-order valence-corrected chi connectivity index (χ0v) is 25.7. The van der Waals surface area contributed by atoms with Gasteiger partial charge in [0, 0.05) is 31.2 Å². The summed E-state index contributed by atoms with van der Waals surface area (Å²) in [6.07, 6.45) is 0. The van der Waals surface area contributed by atoms with Crippen LogP contribution in [-0.2, 0) is 0 Å². The number of rotatable bonds is 6. The lowest BCUT2D eigenvalue weighted by Gasteiger charge is -2.10. The van der Waals surface area contributed by atoms with Crippen molar-refractivity contribution in [2.75, 3.05) is 0 Å². The molecule has 0 saturated heterocycles. The zero-order chi connectivity index (χ0) is 29.5. The van der Waals surface area contributed by atoms with Gasteiger partial charge in [-0.2, -0.15) is 10.2 Å². The third-order valence-corrected chi connectivity index (χ3v) is 8.02. The summed E-state index contributed by atoms with van der Waals surface area (Å²) in [6.45, 7) is 0. The molecule has 0 atom stereocenters. The van der Waals surface area contributed by atoms with E-state index in [1.54, 1.807) is 82.2 Å². The van der Waals surface area contributed by atoms with E-state index < -0.39 is 5.78 Å². The molecule has 0 spiro atoms. The average molecular weight is 673 g/mol. The van der Waals surface area contributed by atoms with E-state index >= 15 is 0 Å². The van der Waals surface area contributed by atoms with E-state index in [1.807, 2.05) is 24.3 Å². The summed E-state index contributed by atoms with van der Waals surface area (Å²) in [7, 11) is 0. The molecule has 0 fully saturated rings. The molecule has 42 heavy (non-hydrogen) atoms. The fourth-order valence-corrected chi connectivity index (χ4v) is 5.67. The van der Waals surface area contributed by atoms with Crippen LogP contribution < -0.4 is 0 Å². The highest BCUT2D eigenvalue weighted by Gasteiger charge is 2.24. The molecule has 6 aromatic rings. The first kappa shape index (κ1) is 28.8. The quantitative estimate of drug-likeness (QED) is 0.165. The monoisotopic (exact) mass is 670 g/mol. The maximum Gasteiger partial charge on any atom is 0.233 e. The summed E-state index contributed by atoms with van der Waals surface area (Å²) in [4.78, 5) is 14.0. The van der Waals surface area contributed by atoms with Gasteiger partial charge in [-0.05, 0) is 72.8 Å². The van der Waals surface area contributed by atoms with Crippen molar-refractivity contribution in [3.8, 4) is 33.9 Å². The first-order valence-electron chi connectivity index (χ1n) is 12.4. The average Bonchev–Trinajstić information content (AvgIpc) is 3.59. The second-order valence-electron chi connectivity index (χ2n) is 9.19. The molecule has 5 nitrogen and oxygen atoms in total. The number of benzene rings is 4. The third kappa shape index (κ3) is 5.69. The lowest BCUT2D eigenvalue weighted by molar-refractivity contribution is 0.102. The van der Waals surface area contributed by atoms with E-state index in [0.29, 0.717) is 52.9 Å². The maximum absolute atomic E-state index is 14.0. The minimum atomic E-state index is -0.409. The van der Waals surface area contributed by atoms with Gasteiger partial charge >= 0.3 is 0 Å². The molecule has 11 heteroatoms. The van der Waals surface area contributed by atoms with Crippen LogP contribution in [0.3, 0.4) is 0 Å². The highest BCUT2D eigenvalue weighted by atomic mass is 35.5. The molecule has 0 bridgehead atoms. The van der Waals surface area contributed by atoms with E-state index in [9.17, 15) is 4.79 Å². The summed E-state index contributed by atoms with van der Waals surface area (Å²) in [6, 6.07) is 27.9. The Morgan fingerprint density at radius 2 is 0.833 bits per heavy atom. The number of carbonyl (C=O) groups is 1. The van der Waals surface area contributed by atoms with Gasteiger partial charge < -0.3 is 0 Å². The van der Waals surface area contributed by atoms with Gasteiger partial charge in [0.25, 0.3) is 0 Å². The fourth-order valence-electron chi connectivity index (χ4n) is 4.44. The standard InChI is InChI=1S/C31H16Cl6N4O/c32-19-5-1-17(2-6-19)29-15-25(38-40(29)27-11-9-21(34)13-23(27)36)31(42)26-16-30(18-3-7-20(33)8-4-18)41(39-26)28-12-10-22(35)14-24(28)37/h1-16H. The number of ketones is 1.